The maximum absolute atomic E-state index is 11.8. The Hall–Kier alpha value is -3.55. The number of anilines is 1. The van der Waals surface area contributed by atoms with Gasteiger partial charge in [-0.3, -0.25) is 5.32 Å². The second-order valence-electron chi connectivity index (χ2n) is 7.65. The van der Waals surface area contributed by atoms with Crippen molar-refractivity contribution in [3.63, 3.8) is 0 Å². The van der Waals surface area contributed by atoms with E-state index in [1.165, 1.54) is 32.4 Å². The highest BCUT2D eigenvalue weighted by Crippen LogP contribution is 2.20. The number of ether oxygens (including phenoxy) is 4. The maximum Gasteiger partial charge on any atom is 0.412 e. The Morgan fingerprint density at radius 2 is 1.42 bits per heavy atom. The van der Waals surface area contributed by atoms with Gasteiger partial charge in [-0.25, -0.2) is 14.4 Å². The van der Waals surface area contributed by atoms with Crippen molar-refractivity contribution in [1.29, 1.82) is 0 Å². The van der Waals surface area contributed by atoms with Crippen molar-refractivity contribution in [3.8, 4) is 5.75 Å². The number of carbonyl (C=O) groups is 3. The van der Waals surface area contributed by atoms with Crippen LogP contribution in [-0.2, 0) is 20.6 Å². The fourth-order valence-electron chi connectivity index (χ4n) is 2.62. The molecule has 0 atom stereocenters. The van der Waals surface area contributed by atoms with Crippen molar-refractivity contribution in [2.24, 2.45) is 0 Å². The van der Waals surface area contributed by atoms with E-state index in [-0.39, 0.29) is 11.1 Å². The summed E-state index contributed by atoms with van der Waals surface area (Å²) in [7, 11) is 2.52. The number of nitrogens with one attached hydrogen (secondary N) is 1. The van der Waals surface area contributed by atoms with Crippen LogP contribution in [0.3, 0.4) is 0 Å². The van der Waals surface area contributed by atoms with E-state index in [1.807, 2.05) is 12.1 Å². The van der Waals surface area contributed by atoms with Crippen molar-refractivity contribution in [3.05, 3.63) is 59.2 Å². The number of benzene rings is 2. The van der Waals surface area contributed by atoms with Crippen molar-refractivity contribution >= 4 is 23.7 Å². The molecule has 8 nitrogen and oxygen atoms in total. The van der Waals surface area contributed by atoms with Crippen molar-refractivity contribution < 1.29 is 33.3 Å². The fraction of sp³-hybridized carbons (Fsp3) is 0.348. The molecule has 0 spiro atoms. The summed E-state index contributed by atoms with van der Waals surface area (Å²) in [5, 5.41) is 2.67. The predicted octanol–water partition coefficient (Wildman–Crippen LogP) is 4.23. The smallest absolute Gasteiger partial charge is 0.412 e. The van der Waals surface area contributed by atoms with Crippen LogP contribution < -0.4 is 10.1 Å². The average molecular weight is 429 g/mol. The van der Waals surface area contributed by atoms with Gasteiger partial charge in [-0.1, -0.05) is 12.1 Å². The minimum Gasteiger partial charge on any atom is -0.493 e. The Morgan fingerprint density at radius 1 is 0.871 bits per heavy atom. The van der Waals surface area contributed by atoms with E-state index in [1.54, 1.807) is 32.9 Å². The summed E-state index contributed by atoms with van der Waals surface area (Å²) in [5.41, 5.74) is 1.41. The van der Waals surface area contributed by atoms with E-state index < -0.39 is 23.6 Å². The summed E-state index contributed by atoms with van der Waals surface area (Å²) in [4.78, 5) is 35.5. The zero-order chi connectivity index (χ0) is 23.0. The molecule has 0 aliphatic heterocycles. The number of amides is 1. The largest absolute Gasteiger partial charge is 0.493 e. The molecule has 166 valence electrons. The highest BCUT2D eigenvalue weighted by molar-refractivity contribution is 5.96. The van der Waals surface area contributed by atoms with Crippen LogP contribution in [0.5, 0.6) is 5.75 Å². The highest BCUT2D eigenvalue weighted by atomic mass is 16.6. The summed E-state index contributed by atoms with van der Waals surface area (Å²) in [6, 6.07) is 11.7. The molecule has 1 amide bonds. The molecule has 2 aromatic carbocycles. The second-order valence-corrected chi connectivity index (χ2v) is 7.65. The minimum atomic E-state index is -0.580. The van der Waals surface area contributed by atoms with Gasteiger partial charge < -0.3 is 18.9 Å². The van der Waals surface area contributed by atoms with Gasteiger partial charge in [0, 0.05) is 12.1 Å². The first-order chi connectivity index (χ1) is 14.6. The van der Waals surface area contributed by atoms with Gasteiger partial charge in [0.1, 0.15) is 11.4 Å². The van der Waals surface area contributed by atoms with E-state index in [4.69, 9.17) is 18.9 Å². The predicted molar refractivity (Wildman–Crippen MR) is 115 cm³/mol. The third kappa shape index (κ3) is 7.65. The normalized spacial score (nSPS) is 10.7. The molecule has 0 radical (unpaired) electrons. The number of hydrogen-bond donors (Lipinski definition) is 1. The zero-order valence-electron chi connectivity index (χ0n) is 18.3. The number of rotatable bonds is 7. The lowest BCUT2D eigenvalue weighted by atomic mass is 10.1. The van der Waals surface area contributed by atoms with Gasteiger partial charge in [-0.05, 0) is 56.7 Å². The van der Waals surface area contributed by atoms with Crippen LogP contribution in [0.2, 0.25) is 0 Å². The van der Waals surface area contributed by atoms with Crippen LogP contribution >= 0.6 is 0 Å². The molecular formula is C23H27NO7. The summed E-state index contributed by atoms with van der Waals surface area (Å²) in [6.45, 7) is 5.70. The molecule has 0 aliphatic carbocycles. The summed E-state index contributed by atoms with van der Waals surface area (Å²) in [6.07, 6.45) is 0.0541. The average Bonchev–Trinajstić information content (AvgIpc) is 2.72. The van der Waals surface area contributed by atoms with Crippen LogP contribution in [0.4, 0.5) is 10.5 Å². The van der Waals surface area contributed by atoms with Crippen LogP contribution in [-0.4, -0.2) is 44.5 Å². The maximum atomic E-state index is 11.8. The van der Waals surface area contributed by atoms with Crippen molar-refractivity contribution in [2.75, 3.05) is 26.1 Å². The molecule has 0 bridgehead atoms. The molecule has 0 aromatic heterocycles. The van der Waals surface area contributed by atoms with Gasteiger partial charge in [0.15, 0.2) is 0 Å². The van der Waals surface area contributed by atoms with E-state index in [2.05, 4.69) is 5.32 Å². The molecule has 0 unspecified atom stereocenters. The van der Waals surface area contributed by atoms with Gasteiger partial charge in [0.25, 0.3) is 0 Å². The lowest BCUT2D eigenvalue weighted by molar-refractivity contribution is 0.0593. The second kappa shape index (κ2) is 10.5. The minimum absolute atomic E-state index is 0.193. The molecule has 0 fully saturated rings. The van der Waals surface area contributed by atoms with E-state index in [9.17, 15) is 14.4 Å². The molecule has 0 saturated carbocycles. The van der Waals surface area contributed by atoms with E-state index in [0.29, 0.717) is 24.5 Å². The van der Waals surface area contributed by atoms with Gasteiger partial charge in [-0.2, -0.15) is 0 Å². The Morgan fingerprint density at radius 3 is 1.90 bits per heavy atom. The van der Waals surface area contributed by atoms with Gasteiger partial charge in [0.05, 0.1) is 32.0 Å². The topological polar surface area (TPSA) is 100 Å². The van der Waals surface area contributed by atoms with Gasteiger partial charge >= 0.3 is 18.0 Å². The first kappa shape index (κ1) is 23.7. The van der Waals surface area contributed by atoms with Gasteiger partial charge in [-0.15, -0.1) is 0 Å². The fourth-order valence-corrected chi connectivity index (χ4v) is 2.62. The first-order valence-corrected chi connectivity index (χ1v) is 9.65. The molecule has 0 saturated heterocycles. The first-order valence-electron chi connectivity index (χ1n) is 9.65. The molecule has 0 aliphatic rings. The highest BCUT2D eigenvalue weighted by Gasteiger charge is 2.16. The van der Waals surface area contributed by atoms with Crippen LogP contribution in [0, 0.1) is 0 Å². The molecule has 0 heterocycles. The molecule has 2 aromatic rings. The van der Waals surface area contributed by atoms with Crippen LogP contribution in [0.1, 0.15) is 47.1 Å². The number of hydrogen-bond acceptors (Lipinski definition) is 7. The molecule has 2 rings (SSSR count). The molecule has 31 heavy (non-hydrogen) atoms. The third-order valence-corrected chi connectivity index (χ3v) is 4.01. The SMILES string of the molecule is COC(=O)c1cc(OCCc2ccc(NC(=O)OC(C)(C)C)cc2)cc(C(=O)OC)c1. The number of esters is 2. The summed E-state index contributed by atoms with van der Waals surface area (Å²) < 4.78 is 20.4. The molecular weight excluding hydrogens is 402 g/mol. The third-order valence-electron chi connectivity index (χ3n) is 4.01. The van der Waals surface area contributed by atoms with E-state index >= 15 is 0 Å². The van der Waals surface area contributed by atoms with E-state index in [0.717, 1.165) is 5.56 Å². The lowest BCUT2D eigenvalue weighted by Crippen LogP contribution is -2.27. The Kier molecular flexibility index (Phi) is 8.01. The molecule has 8 heteroatoms. The van der Waals surface area contributed by atoms with Gasteiger partial charge in [0.2, 0.25) is 0 Å². The summed E-state index contributed by atoms with van der Waals surface area (Å²) >= 11 is 0. The molecule has 1 N–H and O–H groups in total. The quantitative estimate of drug-likeness (QED) is 0.519. The van der Waals surface area contributed by atoms with Crippen molar-refractivity contribution in [1.82, 2.24) is 0 Å². The van der Waals surface area contributed by atoms with Crippen LogP contribution in [0.25, 0.3) is 0 Å². The lowest BCUT2D eigenvalue weighted by Gasteiger charge is -2.19. The standard InChI is InChI=1S/C23H27NO7/c1-23(2,3)31-22(27)24-18-8-6-15(7-9-18)10-11-30-19-13-16(20(25)28-4)12-17(14-19)21(26)29-5/h6-9,12-14H,10-11H2,1-5H3,(H,24,27). The monoisotopic (exact) mass is 429 g/mol. The number of methoxy groups -OCH3 is 2. The van der Waals surface area contributed by atoms with Crippen molar-refractivity contribution in [2.45, 2.75) is 32.8 Å². The Bertz CT molecular complexity index is 896. The zero-order valence-corrected chi connectivity index (χ0v) is 18.3. The summed E-state index contributed by atoms with van der Waals surface area (Å²) in [5.74, 6) is -0.807. The van der Waals surface area contributed by atoms with Crippen LogP contribution in [0.15, 0.2) is 42.5 Å². The Labute approximate surface area is 181 Å². The number of carbonyl (C=O) groups excluding carboxylic acids is 3. The Balaban J connectivity index is 1.97.